The molecule has 9 heteroatoms. The van der Waals surface area contributed by atoms with Crippen LogP contribution >= 0.6 is 11.3 Å². The number of aromatic nitrogens is 2. The highest BCUT2D eigenvalue weighted by Gasteiger charge is 2.13. The molecule has 0 aliphatic carbocycles. The van der Waals surface area contributed by atoms with Gasteiger partial charge in [-0.05, 0) is 30.5 Å². The molecule has 0 aliphatic rings. The summed E-state index contributed by atoms with van der Waals surface area (Å²) in [5.41, 5.74) is 0.705. The van der Waals surface area contributed by atoms with Crippen LogP contribution in [0, 0.1) is 5.92 Å². The van der Waals surface area contributed by atoms with Gasteiger partial charge in [0, 0.05) is 17.7 Å². The van der Waals surface area contributed by atoms with Gasteiger partial charge in [0.15, 0.2) is 0 Å². The number of hydrogen-bond donors (Lipinski definition) is 2. The first-order chi connectivity index (χ1) is 11.8. The van der Waals surface area contributed by atoms with E-state index in [4.69, 9.17) is 0 Å². The minimum atomic E-state index is -3.40. The molecule has 0 saturated heterocycles. The molecule has 0 radical (unpaired) electrons. The van der Waals surface area contributed by atoms with E-state index in [2.05, 4.69) is 34.1 Å². The Morgan fingerprint density at radius 3 is 2.72 bits per heavy atom. The second-order valence-corrected chi connectivity index (χ2v) is 8.96. The van der Waals surface area contributed by atoms with Crippen LogP contribution in [0.15, 0.2) is 24.3 Å². The van der Waals surface area contributed by atoms with Gasteiger partial charge in [0.25, 0.3) is 5.91 Å². The van der Waals surface area contributed by atoms with Gasteiger partial charge < -0.3 is 0 Å². The van der Waals surface area contributed by atoms with Gasteiger partial charge in [0.1, 0.15) is 5.01 Å². The van der Waals surface area contributed by atoms with Crippen molar-refractivity contribution in [2.24, 2.45) is 5.92 Å². The number of nitrogens with zero attached hydrogens (tertiary/aromatic N) is 2. The van der Waals surface area contributed by atoms with Crippen molar-refractivity contribution in [3.05, 3.63) is 34.8 Å². The van der Waals surface area contributed by atoms with Crippen LogP contribution in [0.2, 0.25) is 0 Å². The van der Waals surface area contributed by atoms with E-state index >= 15 is 0 Å². The van der Waals surface area contributed by atoms with Crippen molar-refractivity contribution in [2.75, 3.05) is 15.8 Å². The largest absolute Gasteiger partial charge is 0.296 e. The molecule has 0 saturated carbocycles. The fourth-order valence-electron chi connectivity index (χ4n) is 2.13. The third-order valence-corrected chi connectivity index (χ3v) is 5.49. The molecular formula is C16H22N4O3S2. The third-order valence-electron chi connectivity index (χ3n) is 3.14. The Labute approximate surface area is 151 Å². The molecule has 0 fully saturated rings. The molecule has 2 aromatic rings. The summed E-state index contributed by atoms with van der Waals surface area (Å²) in [7, 11) is -3.40. The topological polar surface area (TPSA) is 101 Å². The van der Waals surface area contributed by atoms with Crippen LogP contribution in [0.5, 0.6) is 0 Å². The van der Waals surface area contributed by atoms with E-state index < -0.39 is 10.0 Å². The zero-order chi connectivity index (χ0) is 18.4. The molecule has 1 aromatic carbocycles. The Morgan fingerprint density at radius 2 is 2.04 bits per heavy atom. The van der Waals surface area contributed by atoms with Gasteiger partial charge in [0.2, 0.25) is 15.2 Å². The quantitative estimate of drug-likeness (QED) is 0.730. The summed E-state index contributed by atoms with van der Waals surface area (Å²) in [4.78, 5) is 12.3. The first-order valence-electron chi connectivity index (χ1n) is 8.03. The smallest absolute Gasteiger partial charge is 0.257 e. The summed E-state index contributed by atoms with van der Waals surface area (Å²) in [5, 5.41) is 12.0. The van der Waals surface area contributed by atoms with Crippen LogP contribution < -0.4 is 10.0 Å². The first kappa shape index (κ1) is 19.3. The van der Waals surface area contributed by atoms with Crippen LogP contribution in [0.1, 0.15) is 42.6 Å². The SMILES string of the molecule is CCCS(=O)(=O)Nc1cccc(C(=O)Nc2nnc(CC(C)C)s2)c1. The molecule has 0 atom stereocenters. The first-order valence-corrected chi connectivity index (χ1v) is 10.5. The number of amides is 1. The molecular weight excluding hydrogens is 360 g/mol. The third kappa shape index (κ3) is 6.09. The lowest BCUT2D eigenvalue weighted by atomic mass is 10.1. The number of carbonyl (C=O) groups excluding carboxylic acids is 1. The summed E-state index contributed by atoms with van der Waals surface area (Å²) in [6.45, 7) is 5.97. The highest BCUT2D eigenvalue weighted by molar-refractivity contribution is 7.92. The second kappa shape index (κ2) is 8.39. The van der Waals surface area contributed by atoms with Gasteiger partial charge in [-0.2, -0.15) is 0 Å². The van der Waals surface area contributed by atoms with Crippen LogP contribution in [0.4, 0.5) is 10.8 Å². The van der Waals surface area contributed by atoms with Crippen LogP contribution in [0.3, 0.4) is 0 Å². The molecule has 1 aromatic heterocycles. The summed E-state index contributed by atoms with van der Waals surface area (Å²) < 4.78 is 26.1. The predicted octanol–water partition coefficient (Wildman–Crippen LogP) is 3.14. The molecule has 2 rings (SSSR count). The highest BCUT2D eigenvalue weighted by Crippen LogP contribution is 2.20. The number of carbonyl (C=O) groups is 1. The van der Waals surface area contributed by atoms with E-state index in [9.17, 15) is 13.2 Å². The number of rotatable bonds is 8. The Bertz CT molecular complexity index is 831. The van der Waals surface area contributed by atoms with Crippen molar-refractivity contribution in [2.45, 2.75) is 33.6 Å². The van der Waals surface area contributed by atoms with Gasteiger partial charge in [0.05, 0.1) is 5.75 Å². The van der Waals surface area contributed by atoms with Crippen molar-refractivity contribution in [1.29, 1.82) is 0 Å². The van der Waals surface area contributed by atoms with Crippen molar-refractivity contribution < 1.29 is 13.2 Å². The van der Waals surface area contributed by atoms with E-state index in [-0.39, 0.29) is 11.7 Å². The minimum absolute atomic E-state index is 0.0346. The highest BCUT2D eigenvalue weighted by atomic mass is 32.2. The van der Waals surface area contributed by atoms with Gasteiger partial charge in [-0.3, -0.25) is 14.8 Å². The number of anilines is 2. The Hall–Kier alpha value is -2.00. The monoisotopic (exact) mass is 382 g/mol. The van der Waals surface area contributed by atoms with Gasteiger partial charge in [-0.25, -0.2) is 8.42 Å². The summed E-state index contributed by atoms with van der Waals surface area (Å²) in [6, 6.07) is 6.35. The van der Waals surface area contributed by atoms with E-state index in [1.54, 1.807) is 25.1 Å². The number of sulfonamides is 1. The Morgan fingerprint density at radius 1 is 1.28 bits per heavy atom. The average Bonchev–Trinajstić information content (AvgIpc) is 2.93. The number of nitrogens with one attached hydrogen (secondary N) is 2. The molecule has 2 N–H and O–H groups in total. The maximum atomic E-state index is 12.3. The molecule has 1 amide bonds. The molecule has 0 bridgehead atoms. The van der Waals surface area contributed by atoms with Crippen molar-refractivity contribution >= 4 is 38.1 Å². The number of benzene rings is 1. The Balaban J connectivity index is 2.07. The lowest BCUT2D eigenvalue weighted by Gasteiger charge is -2.08. The maximum Gasteiger partial charge on any atom is 0.257 e. The average molecular weight is 383 g/mol. The van der Waals surface area contributed by atoms with Crippen molar-refractivity contribution in [3.8, 4) is 0 Å². The fourth-order valence-corrected chi connectivity index (χ4v) is 4.20. The summed E-state index contributed by atoms with van der Waals surface area (Å²) in [5.74, 6) is 0.139. The summed E-state index contributed by atoms with van der Waals surface area (Å²) in [6.07, 6.45) is 1.33. The van der Waals surface area contributed by atoms with Gasteiger partial charge in [-0.15, -0.1) is 10.2 Å². The van der Waals surface area contributed by atoms with E-state index in [0.717, 1.165) is 11.4 Å². The van der Waals surface area contributed by atoms with Crippen LogP contribution in [-0.2, 0) is 16.4 Å². The molecule has 7 nitrogen and oxygen atoms in total. The molecule has 136 valence electrons. The van der Waals surface area contributed by atoms with Crippen LogP contribution in [0.25, 0.3) is 0 Å². The summed E-state index contributed by atoms with van der Waals surface area (Å²) >= 11 is 1.34. The molecule has 25 heavy (non-hydrogen) atoms. The molecule has 0 spiro atoms. The van der Waals surface area contributed by atoms with Crippen molar-refractivity contribution in [1.82, 2.24) is 10.2 Å². The van der Waals surface area contributed by atoms with E-state index in [0.29, 0.717) is 28.7 Å². The van der Waals surface area contributed by atoms with Crippen molar-refractivity contribution in [3.63, 3.8) is 0 Å². The lowest BCUT2D eigenvalue weighted by molar-refractivity contribution is 0.102. The normalized spacial score (nSPS) is 11.5. The fraction of sp³-hybridized carbons (Fsp3) is 0.438. The zero-order valence-electron chi connectivity index (χ0n) is 14.4. The Kier molecular flexibility index (Phi) is 6.49. The van der Waals surface area contributed by atoms with Gasteiger partial charge in [-0.1, -0.05) is 38.2 Å². The van der Waals surface area contributed by atoms with E-state index in [1.807, 2.05) is 0 Å². The van der Waals surface area contributed by atoms with Crippen LogP contribution in [-0.4, -0.2) is 30.3 Å². The molecule has 0 unspecified atom stereocenters. The predicted molar refractivity (Wildman–Crippen MR) is 101 cm³/mol. The second-order valence-electron chi connectivity index (χ2n) is 6.05. The van der Waals surface area contributed by atoms with Gasteiger partial charge >= 0.3 is 0 Å². The van der Waals surface area contributed by atoms with E-state index in [1.165, 1.54) is 17.4 Å². The standard InChI is InChI=1S/C16H22N4O3S2/c1-4-8-25(22,23)20-13-7-5-6-12(10-13)15(21)17-16-19-18-14(24-16)9-11(2)3/h5-7,10-11,20H,4,8-9H2,1-3H3,(H,17,19,21). The maximum absolute atomic E-state index is 12.3. The number of hydrogen-bond acceptors (Lipinski definition) is 6. The molecule has 1 heterocycles. The minimum Gasteiger partial charge on any atom is -0.296 e. The zero-order valence-corrected chi connectivity index (χ0v) is 16.1. The lowest BCUT2D eigenvalue weighted by Crippen LogP contribution is -2.17. The molecule has 0 aliphatic heterocycles.